The summed E-state index contributed by atoms with van der Waals surface area (Å²) in [6.07, 6.45) is -0.493. The number of ketones is 1. The molecule has 0 heterocycles. The smallest absolute Gasteiger partial charge is 0.203 e. The molecule has 1 unspecified atom stereocenters. The van der Waals surface area contributed by atoms with E-state index < -0.39 is 6.10 Å². The van der Waals surface area contributed by atoms with E-state index in [9.17, 15) is 4.79 Å². The van der Waals surface area contributed by atoms with E-state index in [1.807, 2.05) is 64.1 Å². The van der Waals surface area contributed by atoms with Crippen LogP contribution >= 0.6 is 0 Å². The zero-order valence-corrected chi connectivity index (χ0v) is 13.4. The molecule has 110 valence electrons. The van der Waals surface area contributed by atoms with Gasteiger partial charge in [-0.25, -0.2) is 0 Å². The highest BCUT2D eigenvalue weighted by Crippen LogP contribution is 2.23. The van der Waals surface area contributed by atoms with Crippen molar-refractivity contribution in [3.05, 3.63) is 64.2 Å². The van der Waals surface area contributed by atoms with Crippen LogP contribution in [0.4, 0.5) is 0 Å². The topological polar surface area (TPSA) is 26.3 Å². The molecule has 0 N–H and O–H groups in total. The predicted molar refractivity (Wildman–Crippen MR) is 86.3 cm³/mol. The van der Waals surface area contributed by atoms with Gasteiger partial charge < -0.3 is 4.74 Å². The molecule has 0 aliphatic heterocycles. The normalized spacial score (nSPS) is 12.0. The van der Waals surface area contributed by atoms with Gasteiger partial charge in [-0.15, -0.1) is 0 Å². The Kier molecular flexibility index (Phi) is 4.46. The quantitative estimate of drug-likeness (QED) is 0.768. The lowest BCUT2D eigenvalue weighted by molar-refractivity contribution is 0.0817. The number of ether oxygens (including phenoxy) is 1. The average Bonchev–Trinajstić information content (AvgIpc) is 2.46. The van der Waals surface area contributed by atoms with Gasteiger partial charge in [-0.2, -0.15) is 0 Å². The van der Waals surface area contributed by atoms with Crippen molar-refractivity contribution in [2.24, 2.45) is 0 Å². The molecule has 2 rings (SSSR count). The largest absolute Gasteiger partial charge is 0.482 e. The number of benzene rings is 2. The van der Waals surface area contributed by atoms with Crippen molar-refractivity contribution < 1.29 is 9.53 Å². The van der Waals surface area contributed by atoms with E-state index in [1.165, 1.54) is 11.1 Å². The number of carbonyl (C=O) groups excluding carboxylic acids is 1. The van der Waals surface area contributed by atoms with E-state index in [0.29, 0.717) is 5.56 Å². The summed E-state index contributed by atoms with van der Waals surface area (Å²) in [7, 11) is 0. The lowest BCUT2D eigenvalue weighted by atomic mass is 10.0. The molecule has 0 radical (unpaired) electrons. The highest BCUT2D eigenvalue weighted by molar-refractivity contribution is 5.99. The second-order valence-corrected chi connectivity index (χ2v) is 5.62. The Morgan fingerprint density at radius 1 is 0.952 bits per heavy atom. The number of rotatable bonds is 4. The molecule has 2 aromatic carbocycles. The van der Waals surface area contributed by atoms with Crippen LogP contribution in [-0.4, -0.2) is 11.9 Å². The number of aryl methyl sites for hydroxylation is 3. The van der Waals surface area contributed by atoms with Gasteiger partial charge >= 0.3 is 0 Å². The molecule has 2 heteroatoms. The fourth-order valence-corrected chi connectivity index (χ4v) is 2.23. The molecule has 0 bridgehead atoms. The van der Waals surface area contributed by atoms with Crippen LogP contribution in [0.15, 0.2) is 36.4 Å². The lowest BCUT2D eigenvalue weighted by Gasteiger charge is -2.17. The number of hydrogen-bond donors (Lipinski definition) is 0. The molecule has 1 atom stereocenters. The van der Waals surface area contributed by atoms with Crippen molar-refractivity contribution in [1.29, 1.82) is 0 Å². The predicted octanol–water partition coefficient (Wildman–Crippen LogP) is 4.57. The standard InChI is InChI=1S/C19H22O2/c1-12-9-10-17(11-14(12)3)19(20)16(5)21-18-8-6-7-13(2)15(18)4/h6-11,16H,1-5H3. The summed E-state index contributed by atoms with van der Waals surface area (Å²) in [6, 6.07) is 11.7. The molecule has 0 amide bonds. The summed E-state index contributed by atoms with van der Waals surface area (Å²) in [5.74, 6) is 0.790. The summed E-state index contributed by atoms with van der Waals surface area (Å²) < 4.78 is 5.86. The van der Waals surface area contributed by atoms with Gasteiger partial charge in [0.15, 0.2) is 6.10 Å². The van der Waals surface area contributed by atoms with Crippen molar-refractivity contribution in [2.45, 2.75) is 40.7 Å². The van der Waals surface area contributed by atoms with Crippen molar-refractivity contribution in [2.75, 3.05) is 0 Å². The van der Waals surface area contributed by atoms with Gasteiger partial charge in [0.25, 0.3) is 0 Å². The van der Waals surface area contributed by atoms with Crippen LogP contribution in [0.3, 0.4) is 0 Å². The van der Waals surface area contributed by atoms with Gasteiger partial charge in [-0.05, 0) is 69.0 Å². The molecule has 0 saturated heterocycles. The third-order valence-electron chi connectivity index (χ3n) is 4.02. The van der Waals surface area contributed by atoms with Gasteiger partial charge in [0.2, 0.25) is 5.78 Å². The molecule has 0 aliphatic rings. The molecule has 0 aromatic heterocycles. The van der Waals surface area contributed by atoms with Crippen LogP contribution in [-0.2, 0) is 0 Å². The molecule has 2 aromatic rings. The molecule has 21 heavy (non-hydrogen) atoms. The van der Waals surface area contributed by atoms with E-state index in [1.54, 1.807) is 6.92 Å². The van der Waals surface area contributed by atoms with Crippen molar-refractivity contribution in [3.63, 3.8) is 0 Å². The Hall–Kier alpha value is -2.09. The van der Waals surface area contributed by atoms with E-state index >= 15 is 0 Å². The second kappa shape index (κ2) is 6.13. The number of hydrogen-bond acceptors (Lipinski definition) is 2. The third-order valence-corrected chi connectivity index (χ3v) is 4.02. The van der Waals surface area contributed by atoms with Crippen molar-refractivity contribution in [3.8, 4) is 5.75 Å². The zero-order chi connectivity index (χ0) is 15.6. The maximum atomic E-state index is 12.5. The Labute approximate surface area is 126 Å². The van der Waals surface area contributed by atoms with E-state index in [-0.39, 0.29) is 5.78 Å². The third kappa shape index (κ3) is 3.33. The van der Waals surface area contributed by atoms with Gasteiger partial charge in [0.05, 0.1) is 0 Å². The Morgan fingerprint density at radius 2 is 1.67 bits per heavy atom. The highest BCUT2D eigenvalue weighted by Gasteiger charge is 2.18. The van der Waals surface area contributed by atoms with E-state index in [4.69, 9.17) is 4.74 Å². The van der Waals surface area contributed by atoms with Gasteiger partial charge in [0.1, 0.15) is 5.75 Å². The Morgan fingerprint density at radius 3 is 2.33 bits per heavy atom. The summed E-state index contributed by atoms with van der Waals surface area (Å²) in [4.78, 5) is 12.5. The SMILES string of the molecule is Cc1ccc(C(=O)C(C)Oc2cccc(C)c2C)cc1C. The van der Waals surface area contributed by atoms with Gasteiger partial charge in [-0.1, -0.05) is 24.3 Å². The fraction of sp³-hybridized carbons (Fsp3) is 0.316. The first kappa shape index (κ1) is 15.3. The molecular formula is C19H22O2. The van der Waals surface area contributed by atoms with E-state index in [2.05, 4.69) is 0 Å². The van der Waals surface area contributed by atoms with Crippen LogP contribution in [0, 0.1) is 27.7 Å². The average molecular weight is 282 g/mol. The maximum absolute atomic E-state index is 12.5. The first-order valence-electron chi connectivity index (χ1n) is 7.24. The molecule has 2 nitrogen and oxygen atoms in total. The summed E-state index contributed by atoms with van der Waals surface area (Å²) >= 11 is 0. The minimum atomic E-state index is -0.493. The highest BCUT2D eigenvalue weighted by atomic mass is 16.5. The monoisotopic (exact) mass is 282 g/mol. The summed E-state index contributed by atoms with van der Waals surface area (Å²) in [5.41, 5.74) is 5.26. The van der Waals surface area contributed by atoms with Crippen molar-refractivity contribution in [1.82, 2.24) is 0 Å². The van der Waals surface area contributed by atoms with E-state index in [0.717, 1.165) is 16.9 Å². The molecular weight excluding hydrogens is 260 g/mol. The van der Waals surface area contributed by atoms with Gasteiger partial charge in [0, 0.05) is 5.56 Å². The van der Waals surface area contributed by atoms with Crippen LogP contribution in [0.2, 0.25) is 0 Å². The van der Waals surface area contributed by atoms with Gasteiger partial charge in [-0.3, -0.25) is 4.79 Å². The zero-order valence-electron chi connectivity index (χ0n) is 13.4. The fourth-order valence-electron chi connectivity index (χ4n) is 2.23. The maximum Gasteiger partial charge on any atom is 0.203 e. The van der Waals surface area contributed by atoms with Crippen molar-refractivity contribution >= 4 is 5.78 Å². The molecule has 0 aliphatic carbocycles. The summed E-state index contributed by atoms with van der Waals surface area (Å²) in [6.45, 7) is 9.91. The minimum Gasteiger partial charge on any atom is -0.482 e. The molecule has 0 fully saturated rings. The first-order chi connectivity index (χ1) is 9.90. The van der Waals surface area contributed by atoms with Crippen LogP contribution in [0.5, 0.6) is 5.75 Å². The molecule has 0 spiro atoms. The van der Waals surface area contributed by atoms with Crippen LogP contribution in [0.25, 0.3) is 0 Å². The first-order valence-corrected chi connectivity index (χ1v) is 7.24. The number of carbonyl (C=O) groups is 1. The number of Topliss-reactive ketones (excluding diaryl/α,β-unsaturated/α-hetero) is 1. The Bertz CT molecular complexity index is 671. The summed E-state index contributed by atoms with van der Waals surface area (Å²) in [5, 5.41) is 0. The lowest BCUT2D eigenvalue weighted by Crippen LogP contribution is -2.24. The minimum absolute atomic E-state index is 0.0130. The Balaban J connectivity index is 2.19. The second-order valence-electron chi connectivity index (χ2n) is 5.62. The van der Waals surface area contributed by atoms with Crippen LogP contribution < -0.4 is 4.74 Å². The molecule has 0 saturated carbocycles. The van der Waals surface area contributed by atoms with Crippen LogP contribution in [0.1, 0.15) is 39.5 Å².